The van der Waals surface area contributed by atoms with Gasteiger partial charge in [-0.1, -0.05) is 29.8 Å². The van der Waals surface area contributed by atoms with Crippen molar-refractivity contribution >= 4 is 41.5 Å². The molecule has 5 nitrogen and oxygen atoms in total. The summed E-state index contributed by atoms with van der Waals surface area (Å²) < 4.78 is 10.3. The fraction of sp³-hybridized carbons (Fsp3) is 0.562. The van der Waals surface area contributed by atoms with Crippen molar-refractivity contribution in [1.29, 1.82) is 0 Å². The Balaban J connectivity index is 0.00000484. The molecule has 132 valence electrons. The van der Waals surface area contributed by atoms with Crippen LogP contribution < -0.4 is 10.6 Å². The Bertz CT molecular complexity index is 447. The van der Waals surface area contributed by atoms with E-state index in [0.717, 1.165) is 42.5 Å². The molecule has 0 saturated carbocycles. The summed E-state index contributed by atoms with van der Waals surface area (Å²) in [7, 11) is 3.43. The van der Waals surface area contributed by atoms with Crippen molar-refractivity contribution in [2.24, 2.45) is 4.99 Å². The number of rotatable bonds is 10. The minimum Gasteiger partial charge on any atom is -0.382 e. The lowest BCUT2D eigenvalue weighted by Crippen LogP contribution is -2.39. The molecule has 23 heavy (non-hydrogen) atoms. The first-order chi connectivity index (χ1) is 10.8. The normalized spacial score (nSPS) is 11.0. The number of aliphatic imine (C=N–C) groups is 1. The third-order valence-corrected chi connectivity index (χ3v) is 3.43. The average Bonchev–Trinajstić information content (AvgIpc) is 2.54. The number of hydrogen-bond donors (Lipinski definition) is 2. The number of halogens is 2. The molecular formula is C16H27ClIN3O2. The summed E-state index contributed by atoms with van der Waals surface area (Å²) >= 11 is 6.13. The minimum atomic E-state index is 0. The monoisotopic (exact) mass is 455 g/mol. The van der Waals surface area contributed by atoms with Crippen LogP contribution in [0.4, 0.5) is 0 Å². The van der Waals surface area contributed by atoms with Crippen LogP contribution in [-0.2, 0) is 15.9 Å². The second-order valence-corrected chi connectivity index (χ2v) is 5.13. The highest BCUT2D eigenvalue weighted by molar-refractivity contribution is 14.0. The van der Waals surface area contributed by atoms with E-state index in [-0.39, 0.29) is 24.0 Å². The lowest BCUT2D eigenvalue weighted by Gasteiger charge is -2.12. The van der Waals surface area contributed by atoms with Crippen molar-refractivity contribution in [3.63, 3.8) is 0 Å². The number of nitrogens with one attached hydrogen (secondary N) is 2. The molecule has 0 heterocycles. The van der Waals surface area contributed by atoms with Crippen LogP contribution in [0.5, 0.6) is 0 Å². The molecule has 0 spiro atoms. The Hall–Kier alpha value is -0.570. The van der Waals surface area contributed by atoms with Crippen LogP contribution in [0.15, 0.2) is 29.3 Å². The molecule has 0 radical (unpaired) electrons. The summed E-state index contributed by atoms with van der Waals surface area (Å²) in [4.78, 5) is 4.19. The zero-order chi connectivity index (χ0) is 16.0. The van der Waals surface area contributed by atoms with Gasteiger partial charge in [0.15, 0.2) is 5.96 Å². The average molecular weight is 456 g/mol. The molecule has 0 aliphatic rings. The van der Waals surface area contributed by atoms with Gasteiger partial charge >= 0.3 is 0 Å². The van der Waals surface area contributed by atoms with Gasteiger partial charge in [-0.2, -0.15) is 0 Å². The number of methoxy groups -OCH3 is 1. The van der Waals surface area contributed by atoms with E-state index in [2.05, 4.69) is 15.6 Å². The van der Waals surface area contributed by atoms with Crippen LogP contribution >= 0.6 is 35.6 Å². The predicted octanol–water partition coefficient (Wildman–Crippen LogP) is 2.72. The molecule has 0 amide bonds. The maximum atomic E-state index is 6.13. The summed E-state index contributed by atoms with van der Waals surface area (Å²) in [6.07, 6.45) is 1.79. The van der Waals surface area contributed by atoms with E-state index >= 15 is 0 Å². The summed E-state index contributed by atoms with van der Waals surface area (Å²) in [6.45, 7) is 3.60. The highest BCUT2D eigenvalue weighted by Gasteiger charge is 2.00. The molecule has 0 bridgehead atoms. The summed E-state index contributed by atoms with van der Waals surface area (Å²) in [5.41, 5.74) is 1.14. The van der Waals surface area contributed by atoms with E-state index in [1.807, 2.05) is 24.3 Å². The van der Waals surface area contributed by atoms with Crippen LogP contribution in [0.1, 0.15) is 12.0 Å². The SMILES string of the molecule is CN=C(NCCCOCCOC)NCCc1ccccc1Cl.I. The lowest BCUT2D eigenvalue weighted by molar-refractivity contribution is 0.0698. The topological polar surface area (TPSA) is 54.9 Å². The van der Waals surface area contributed by atoms with Crippen molar-refractivity contribution in [3.8, 4) is 0 Å². The second-order valence-electron chi connectivity index (χ2n) is 4.73. The number of ether oxygens (including phenoxy) is 2. The molecule has 0 aromatic heterocycles. The molecule has 7 heteroatoms. The van der Waals surface area contributed by atoms with Crippen molar-refractivity contribution < 1.29 is 9.47 Å². The molecule has 0 fully saturated rings. The van der Waals surface area contributed by atoms with Gasteiger partial charge in [-0.05, 0) is 24.5 Å². The van der Waals surface area contributed by atoms with Gasteiger partial charge in [-0.25, -0.2) is 0 Å². The smallest absolute Gasteiger partial charge is 0.190 e. The van der Waals surface area contributed by atoms with Gasteiger partial charge < -0.3 is 20.1 Å². The zero-order valence-electron chi connectivity index (χ0n) is 13.8. The fourth-order valence-electron chi connectivity index (χ4n) is 1.86. The molecule has 0 atom stereocenters. The molecule has 2 N–H and O–H groups in total. The van der Waals surface area contributed by atoms with E-state index in [1.54, 1.807) is 14.2 Å². The van der Waals surface area contributed by atoms with Crippen LogP contribution in [0, 0.1) is 0 Å². The third-order valence-electron chi connectivity index (χ3n) is 3.06. The molecule has 0 unspecified atom stereocenters. The number of hydrogen-bond acceptors (Lipinski definition) is 3. The van der Waals surface area contributed by atoms with Gasteiger partial charge in [0.25, 0.3) is 0 Å². The van der Waals surface area contributed by atoms with Crippen LogP contribution in [0.3, 0.4) is 0 Å². The van der Waals surface area contributed by atoms with E-state index in [4.69, 9.17) is 21.1 Å². The summed E-state index contributed by atoms with van der Waals surface area (Å²) in [5.74, 6) is 0.795. The van der Waals surface area contributed by atoms with Gasteiger partial charge in [0, 0.05) is 38.9 Å². The quantitative estimate of drug-likeness (QED) is 0.247. The standard InChI is InChI=1S/C16H26ClN3O2.HI/c1-18-16(19-9-5-11-22-13-12-21-2)20-10-8-14-6-3-4-7-15(14)17;/h3-4,6-7H,5,8-13H2,1-2H3,(H2,18,19,20);1H. The van der Waals surface area contributed by atoms with Crippen LogP contribution in [0.2, 0.25) is 5.02 Å². The Morgan fingerprint density at radius 2 is 1.87 bits per heavy atom. The van der Waals surface area contributed by atoms with Gasteiger partial charge in [0.05, 0.1) is 13.2 Å². The highest BCUT2D eigenvalue weighted by atomic mass is 127. The maximum absolute atomic E-state index is 6.13. The van der Waals surface area contributed by atoms with Crippen molar-refractivity contribution in [1.82, 2.24) is 10.6 Å². The third kappa shape index (κ3) is 10.8. The minimum absolute atomic E-state index is 0. The molecule has 1 aromatic carbocycles. The first-order valence-corrected chi connectivity index (χ1v) is 7.90. The van der Waals surface area contributed by atoms with E-state index in [1.165, 1.54) is 0 Å². The molecule has 1 aromatic rings. The van der Waals surface area contributed by atoms with Gasteiger partial charge in [0.1, 0.15) is 0 Å². The molecular weight excluding hydrogens is 429 g/mol. The lowest BCUT2D eigenvalue weighted by atomic mass is 10.1. The second kappa shape index (κ2) is 15.0. The Kier molecular flexibility index (Phi) is 14.6. The Labute approximate surface area is 161 Å². The van der Waals surface area contributed by atoms with E-state index in [9.17, 15) is 0 Å². The van der Waals surface area contributed by atoms with Crippen molar-refractivity contribution in [2.75, 3.05) is 47.1 Å². The largest absolute Gasteiger partial charge is 0.382 e. The Morgan fingerprint density at radius 1 is 1.13 bits per heavy atom. The van der Waals surface area contributed by atoms with Crippen molar-refractivity contribution in [3.05, 3.63) is 34.9 Å². The first-order valence-electron chi connectivity index (χ1n) is 7.52. The molecule has 1 rings (SSSR count). The first kappa shape index (κ1) is 22.4. The van der Waals surface area contributed by atoms with Crippen LogP contribution in [0.25, 0.3) is 0 Å². The maximum Gasteiger partial charge on any atom is 0.190 e. The summed E-state index contributed by atoms with van der Waals surface area (Å²) in [6, 6.07) is 7.89. The molecule has 0 aliphatic heterocycles. The number of benzene rings is 1. The molecule has 0 saturated heterocycles. The van der Waals surface area contributed by atoms with Gasteiger partial charge in [0.2, 0.25) is 0 Å². The Morgan fingerprint density at radius 3 is 2.57 bits per heavy atom. The van der Waals surface area contributed by atoms with Crippen molar-refractivity contribution in [2.45, 2.75) is 12.8 Å². The van der Waals surface area contributed by atoms with Crippen LogP contribution in [-0.4, -0.2) is 53.0 Å². The van der Waals surface area contributed by atoms with E-state index < -0.39 is 0 Å². The predicted molar refractivity (Wildman–Crippen MR) is 107 cm³/mol. The summed E-state index contributed by atoms with van der Waals surface area (Å²) in [5, 5.41) is 7.34. The zero-order valence-corrected chi connectivity index (χ0v) is 16.9. The number of guanidine groups is 1. The van der Waals surface area contributed by atoms with Gasteiger partial charge in [-0.3, -0.25) is 4.99 Å². The molecule has 0 aliphatic carbocycles. The van der Waals surface area contributed by atoms with Gasteiger partial charge in [-0.15, -0.1) is 24.0 Å². The highest BCUT2D eigenvalue weighted by Crippen LogP contribution is 2.14. The number of nitrogens with zero attached hydrogens (tertiary/aromatic N) is 1. The fourth-order valence-corrected chi connectivity index (χ4v) is 2.09. The van der Waals surface area contributed by atoms with E-state index in [0.29, 0.717) is 19.8 Å².